The maximum Gasteiger partial charge on any atom is 0.413 e. The lowest BCUT2D eigenvalue weighted by atomic mass is 9.87. The molecule has 174 valence electrons. The van der Waals surface area contributed by atoms with Crippen LogP contribution >= 0.6 is 11.3 Å². The Kier molecular flexibility index (Phi) is 5.79. The minimum Gasteiger partial charge on any atom is -0.481 e. The van der Waals surface area contributed by atoms with Crippen molar-refractivity contribution in [2.75, 3.05) is 25.0 Å². The topological polar surface area (TPSA) is 109 Å². The van der Waals surface area contributed by atoms with Crippen molar-refractivity contribution >= 4 is 34.4 Å². The van der Waals surface area contributed by atoms with Gasteiger partial charge < -0.3 is 14.7 Å². The van der Waals surface area contributed by atoms with Crippen LogP contribution in [0.2, 0.25) is 0 Å². The number of carbonyl (C=O) groups is 3. The molecule has 0 spiro atoms. The standard InChI is InChI=1S/C25H23N3O5S/c1-14(23(30)31)15-10-28(11-15)22(29)21-13-34-24(26-21)27-25(32)33-12-20-18-8-4-2-6-16(18)17-7-3-5-9-19(17)20/h2-9,13-15,20H,10-12H2,1H3,(H,30,31)(H,26,27,32). The number of thiazole rings is 1. The average molecular weight is 478 g/mol. The van der Waals surface area contributed by atoms with Gasteiger partial charge in [0.25, 0.3) is 5.91 Å². The van der Waals surface area contributed by atoms with Crippen molar-refractivity contribution in [3.8, 4) is 11.1 Å². The van der Waals surface area contributed by atoms with E-state index in [1.54, 1.807) is 17.2 Å². The van der Waals surface area contributed by atoms with Crippen LogP contribution in [-0.4, -0.2) is 52.7 Å². The van der Waals surface area contributed by atoms with Gasteiger partial charge in [-0.3, -0.25) is 14.9 Å². The Morgan fingerprint density at radius 2 is 1.74 bits per heavy atom. The minimum absolute atomic E-state index is 0.0425. The average Bonchev–Trinajstić information content (AvgIpc) is 3.39. The molecule has 1 fully saturated rings. The van der Waals surface area contributed by atoms with Crippen LogP contribution in [0.15, 0.2) is 53.9 Å². The van der Waals surface area contributed by atoms with Crippen LogP contribution in [0.3, 0.4) is 0 Å². The van der Waals surface area contributed by atoms with Gasteiger partial charge in [0.1, 0.15) is 12.3 Å². The van der Waals surface area contributed by atoms with E-state index in [4.69, 9.17) is 9.84 Å². The Morgan fingerprint density at radius 1 is 1.12 bits per heavy atom. The number of carboxylic acid groups (broad SMARTS) is 1. The highest BCUT2D eigenvalue weighted by atomic mass is 32.1. The number of hydrogen-bond donors (Lipinski definition) is 2. The molecule has 1 aliphatic carbocycles. The molecule has 0 bridgehead atoms. The summed E-state index contributed by atoms with van der Waals surface area (Å²) < 4.78 is 5.52. The van der Waals surface area contributed by atoms with Crippen LogP contribution in [0.1, 0.15) is 34.5 Å². The highest BCUT2D eigenvalue weighted by molar-refractivity contribution is 7.14. The Balaban J connectivity index is 1.17. The van der Waals surface area contributed by atoms with Gasteiger partial charge in [-0.2, -0.15) is 0 Å². The van der Waals surface area contributed by atoms with Crippen molar-refractivity contribution in [2.45, 2.75) is 12.8 Å². The van der Waals surface area contributed by atoms with Gasteiger partial charge >= 0.3 is 12.1 Å². The summed E-state index contributed by atoms with van der Waals surface area (Å²) in [4.78, 5) is 41.9. The van der Waals surface area contributed by atoms with Crippen LogP contribution in [0.5, 0.6) is 0 Å². The lowest BCUT2D eigenvalue weighted by molar-refractivity contribution is -0.144. The number of rotatable bonds is 6. The number of anilines is 1. The van der Waals surface area contributed by atoms with Crippen molar-refractivity contribution in [1.29, 1.82) is 0 Å². The second-order valence-electron chi connectivity index (χ2n) is 8.59. The number of aromatic nitrogens is 1. The van der Waals surface area contributed by atoms with Crippen LogP contribution in [0.25, 0.3) is 11.1 Å². The molecule has 1 unspecified atom stereocenters. The zero-order valence-electron chi connectivity index (χ0n) is 18.4. The number of nitrogens with one attached hydrogen (secondary N) is 1. The maximum absolute atomic E-state index is 12.6. The smallest absolute Gasteiger partial charge is 0.413 e. The summed E-state index contributed by atoms with van der Waals surface area (Å²) in [6.45, 7) is 2.61. The molecule has 3 aromatic rings. The second kappa shape index (κ2) is 8.90. The van der Waals surface area contributed by atoms with Crippen molar-refractivity contribution in [2.24, 2.45) is 11.8 Å². The van der Waals surface area contributed by atoms with E-state index < -0.39 is 18.0 Å². The summed E-state index contributed by atoms with van der Waals surface area (Å²) in [7, 11) is 0. The van der Waals surface area contributed by atoms with Crippen molar-refractivity contribution in [3.05, 3.63) is 70.7 Å². The number of amides is 2. The van der Waals surface area contributed by atoms with Crippen LogP contribution in [0, 0.1) is 11.8 Å². The summed E-state index contributed by atoms with van der Waals surface area (Å²) in [6, 6.07) is 16.2. The molecule has 9 heteroatoms. The van der Waals surface area contributed by atoms with Crippen molar-refractivity contribution in [3.63, 3.8) is 0 Å². The first-order valence-electron chi connectivity index (χ1n) is 11.0. The zero-order valence-corrected chi connectivity index (χ0v) is 19.2. The van der Waals surface area contributed by atoms with Gasteiger partial charge in [-0.1, -0.05) is 55.5 Å². The summed E-state index contributed by atoms with van der Waals surface area (Å²) >= 11 is 1.14. The predicted molar refractivity (Wildman–Crippen MR) is 127 cm³/mol. The lowest BCUT2D eigenvalue weighted by Crippen LogP contribution is -2.53. The van der Waals surface area contributed by atoms with E-state index in [0.29, 0.717) is 13.1 Å². The molecule has 1 aliphatic heterocycles. The SMILES string of the molecule is CC(C(=O)O)C1CN(C(=O)c2csc(NC(=O)OCC3c4ccccc4-c4ccccc43)n2)C1. The van der Waals surface area contributed by atoms with Crippen LogP contribution < -0.4 is 5.32 Å². The number of benzene rings is 2. The molecule has 2 amide bonds. The fourth-order valence-corrected chi connectivity index (χ4v) is 5.18. The molecule has 1 atom stereocenters. The third kappa shape index (κ3) is 4.03. The number of ether oxygens (including phenoxy) is 1. The van der Waals surface area contributed by atoms with E-state index in [1.165, 1.54) is 0 Å². The largest absolute Gasteiger partial charge is 0.481 e. The number of fused-ring (bicyclic) bond motifs is 3. The Morgan fingerprint density at radius 3 is 2.35 bits per heavy atom. The highest BCUT2D eigenvalue weighted by Gasteiger charge is 2.38. The molecular formula is C25H23N3O5S. The van der Waals surface area contributed by atoms with Gasteiger partial charge in [0.05, 0.1) is 5.92 Å². The number of likely N-dealkylation sites (tertiary alicyclic amines) is 1. The lowest BCUT2D eigenvalue weighted by Gasteiger charge is -2.40. The molecular weight excluding hydrogens is 454 g/mol. The molecule has 8 nitrogen and oxygen atoms in total. The van der Waals surface area contributed by atoms with E-state index in [0.717, 1.165) is 33.6 Å². The van der Waals surface area contributed by atoms with E-state index in [9.17, 15) is 14.4 Å². The Hall–Kier alpha value is -3.72. The molecule has 2 heterocycles. The third-order valence-corrected chi connectivity index (χ3v) is 7.33. The van der Waals surface area contributed by atoms with Gasteiger partial charge in [-0.25, -0.2) is 9.78 Å². The summed E-state index contributed by atoms with van der Waals surface area (Å²) in [6.07, 6.45) is -0.630. The Bertz CT molecular complexity index is 1220. The van der Waals surface area contributed by atoms with E-state index in [2.05, 4.69) is 34.6 Å². The molecule has 0 radical (unpaired) electrons. The van der Waals surface area contributed by atoms with Gasteiger partial charge in [-0.15, -0.1) is 11.3 Å². The summed E-state index contributed by atoms with van der Waals surface area (Å²) in [5.41, 5.74) is 4.79. The molecule has 5 rings (SSSR count). The quantitative estimate of drug-likeness (QED) is 0.548. The van der Waals surface area contributed by atoms with Gasteiger partial charge in [-0.05, 0) is 22.3 Å². The predicted octanol–water partition coefficient (Wildman–Crippen LogP) is 4.30. The molecule has 34 heavy (non-hydrogen) atoms. The zero-order chi connectivity index (χ0) is 23.8. The molecule has 2 N–H and O–H groups in total. The monoisotopic (exact) mass is 477 g/mol. The van der Waals surface area contributed by atoms with E-state index >= 15 is 0 Å². The van der Waals surface area contributed by atoms with Gasteiger partial charge in [0, 0.05) is 30.3 Å². The van der Waals surface area contributed by atoms with Crippen molar-refractivity contribution < 1.29 is 24.2 Å². The van der Waals surface area contributed by atoms with Gasteiger partial charge in [0.15, 0.2) is 5.13 Å². The molecule has 2 aliphatic rings. The molecule has 1 saturated heterocycles. The Labute approximate surface area is 200 Å². The van der Waals surface area contributed by atoms with E-state index in [-0.39, 0.29) is 35.2 Å². The van der Waals surface area contributed by atoms with Crippen LogP contribution in [0.4, 0.5) is 9.93 Å². The number of nitrogens with zero attached hydrogens (tertiary/aromatic N) is 2. The van der Waals surface area contributed by atoms with Crippen LogP contribution in [-0.2, 0) is 9.53 Å². The summed E-state index contributed by atoms with van der Waals surface area (Å²) in [5.74, 6) is -1.73. The third-order valence-electron chi connectivity index (χ3n) is 6.57. The van der Waals surface area contributed by atoms with E-state index in [1.807, 2.05) is 24.3 Å². The summed E-state index contributed by atoms with van der Waals surface area (Å²) in [5, 5.41) is 13.5. The maximum atomic E-state index is 12.6. The highest BCUT2D eigenvalue weighted by Crippen LogP contribution is 2.44. The fraction of sp³-hybridized carbons (Fsp3) is 0.280. The molecule has 0 saturated carbocycles. The number of carbonyl (C=O) groups excluding carboxylic acids is 2. The van der Waals surface area contributed by atoms with Gasteiger partial charge in [0.2, 0.25) is 0 Å². The van der Waals surface area contributed by atoms with Crippen molar-refractivity contribution in [1.82, 2.24) is 9.88 Å². The number of carboxylic acids is 1. The fourth-order valence-electron chi connectivity index (χ4n) is 4.51. The first-order chi connectivity index (χ1) is 16.4. The molecule has 2 aromatic carbocycles. The second-order valence-corrected chi connectivity index (χ2v) is 9.44. The minimum atomic E-state index is -0.861. The normalized spacial score (nSPS) is 15.7. The molecule has 1 aromatic heterocycles. The first-order valence-corrected chi connectivity index (χ1v) is 11.9. The number of hydrogen-bond acceptors (Lipinski definition) is 6. The number of aliphatic carboxylic acids is 1. The first kappa shape index (κ1) is 22.1.